The van der Waals surface area contributed by atoms with Crippen LogP contribution in [0.1, 0.15) is 47.2 Å². The number of fused-ring (bicyclic) bond motifs is 1. The number of carbonyl (C=O) groups excluding carboxylic acids is 3. The first-order valence-corrected chi connectivity index (χ1v) is 10.9. The van der Waals surface area contributed by atoms with Crippen LogP contribution in [0.3, 0.4) is 0 Å². The number of carbonyl (C=O) groups is 3. The molecule has 2 aromatic rings. The van der Waals surface area contributed by atoms with Gasteiger partial charge in [0.2, 0.25) is 0 Å². The normalized spacial score (nSPS) is 15.2. The molecule has 1 aliphatic carbocycles. The van der Waals surface area contributed by atoms with Gasteiger partial charge in [-0.15, -0.1) is 0 Å². The third-order valence-electron chi connectivity index (χ3n) is 5.73. The van der Waals surface area contributed by atoms with Crippen LogP contribution in [-0.2, 0) is 32.1 Å². The summed E-state index contributed by atoms with van der Waals surface area (Å²) in [6, 6.07) is 13.2. The Balaban J connectivity index is 1.76. The minimum absolute atomic E-state index is 0.0447. The summed E-state index contributed by atoms with van der Waals surface area (Å²) in [7, 11) is 2.63. The van der Waals surface area contributed by atoms with Crippen LogP contribution in [0.25, 0.3) is 0 Å². The second-order valence-corrected chi connectivity index (χ2v) is 8.44. The standard InChI is InChI=1S/C25H27ClO6/c1-30-23(28)13-18(14-24(29)31-2)10-17-11-19-20(26)8-9-22(25(19)21(27)12-17)32-15-16-6-4-3-5-7-16/h3-9,17-18H,10-15H2,1-2H3. The summed E-state index contributed by atoms with van der Waals surface area (Å²) >= 11 is 6.46. The van der Waals surface area contributed by atoms with Crippen molar-refractivity contribution >= 4 is 29.3 Å². The average Bonchev–Trinajstić information content (AvgIpc) is 2.79. The zero-order valence-corrected chi connectivity index (χ0v) is 19.0. The SMILES string of the molecule is COC(=O)CC(CC(=O)OC)CC1CC(=O)c2c(OCc3ccccc3)ccc(Cl)c2C1. The van der Waals surface area contributed by atoms with E-state index in [1.54, 1.807) is 12.1 Å². The Kier molecular flexibility index (Phi) is 8.28. The fourth-order valence-corrected chi connectivity index (χ4v) is 4.44. The number of methoxy groups -OCH3 is 2. The summed E-state index contributed by atoms with van der Waals surface area (Å²) in [6.45, 7) is 0.353. The summed E-state index contributed by atoms with van der Waals surface area (Å²) < 4.78 is 15.5. The summed E-state index contributed by atoms with van der Waals surface area (Å²) in [5.41, 5.74) is 2.29. The summed E-state index contributed by atoms with van der Waals surface area (Å²) in [5.74, 6) is -0.622. The van der Waals surface area contributed by atoms with E-state index < -0.39 is 11.9 Å². The summed E-state index contributed by atoms with van der Waals surface area (Å²) in [4.78, 5) is 36.7. The Morgan fingerprint density at radius 2 is 1.66 bits per heavy atom. The first-order valence-electron chi connectivity index (χ1n) is 10.6. The Labute approximate surface area is 192 Å². The lowest BCUT2D eigenvalue weighted by atomic mass is 9.77. The lowest BCUT2D eigenvalue weighted by Gasteiger charge is -2.28. The molecule has 0 aromatic heterocycles. The second kappa shape index (κ2) is 11.1. The van der Waals surface area contributed by atoms with Gasteiger partial charge in [-0.25, -0.2) is 0 Å². The molecule has 0 radical (unpaired) electrons. The van der Waals surface area contributed by atoms with Gasteiger partial charge in [0.15, 0.2) is 5.78 Å². The molecule has 32 heavy (non-hydrogen) atoms. The number of benzene rings is 2. The number of hydrogen-bond acceptors (Lipinski definition) is 6. The van der Waals surface area contributed by atoms with E-state index in [4.69, 9.17) is 25.8 Å². The number of rotatable bonds is 9. The van der Waals surface area contributed by atoms with Crippen molar-refractivity contribution in [3.8, 4) is 5.75 Å². The quantitative estimate of drug-likeness (QED) is 0.502. The minimum Gasteiger partial charge on any atom is -0.488 e. The number of esters is 2. The molecule has 0 N–H and O–H groups in total. The molecule has 0 heterocycles. The molecule has 1 atom stereocenters. The van der Waals surface area contributed by atoms with Crippen LogP contribution >= 0.6 is 11.6 Å². The predicted molar refractivity (Wildman–Crippen MR) is 120 cm³/mol. The average molecular weight is 459 g/mol. The van der Waals surface area contributed by atoms with Gasteiger partial charge in [-0.1, -0.05) is 41.9 Å². The van der Waals surface area contributed by atoms with Crippen molar-refractivity contribution in [1.82, 2.24) is 0 Å². The lowest BCUT2D eigenvalue weighted by Crippen LogP contribution is -2.25. The Bertz CT molecular complexity index is 954. The predicted octanol–water partition coefficient (Wildman–Crippen LogP) is 4.80. The molecule has 1 unspecified atom stereocenters. The minimum atomic E-state index is -0.393. The van der Waals surface area contributed by atoms with E-state index in [1.807, 2.05) is 30.3 Å². The second-order valence-electron chi connectivity index (χ2n) is 8.03. The van der Waals surface area contributed by atoms with Crippen molar-refractivity contribution in [3.63, 3.8) is 0 Å². The van der Waals surface area contributed by atoms with E-state index in [0.717, 1.165) is 11.1 Å². The molecular weight excluding hydrogens is 432 g/mol. The fraction of sp³-hybridized carbons (Fsp3) is 0.400. The molecule has 0 aliphatic heterocycles. The Morgan fingerprint density at radius 3 is 2.28 bits per heavy atom. The van der Waals surface area contributed by atoms with Crippen LogP contribution in [0.5, 0.6) is 5.75 Å². The van der Waals surface area contributed by atoms with Gasteiger partial charge in [0, 0.05) is 24.3 Å². The third-order valence-corrected chi connectivity index (χ3v) is 6.09. The van der Waals surface area contributed by atoms with Crippen molar-refractivity contribution in [3.05, 3.63) is 64.2 Å². The van der Waals surface area contributed by atoms with Gasteiger partial charge in [0.1, 0.15) is 12.4 Å². The van der Waals surface area contributed by atoms with Gasteiger partial charge in [0.05, 0.1) is 19.8 Å². The number of hydrogen-bond donors (Lipinski definition) is 0. The van der Waals surface area contributed by atoms with Crippen molar-refractivity contribution in [2.75, 3.05) is 14.2 Å². The van der Waals surface area contributed by atoms with E-state index in [0.29, 0.717) is 42.2 Å². The maximum Gasteiger partial charge on any atom is 0.305 e. The molecule has 0 fully saturated rings. The highest BCUT2D eigenvalue weighted by Crippen LogP contribution is 2.39. The summed E-state index contributed by atoms with van der Waals surface area (Å²) in [6.07, 6.45) is 1.57. The van der Waals surface area contributed by atoms with Gasteiger partial charge in [-0.2, -0.15) is 0 Å². The zero-order chi connectivity index (χ0) is 23.1. The first-order chi connectivity index (χ1) is 15.4. The first kappa shape index (κ1) is 23.8. The molecule has 0 amide bonds. The highest BCUT2D eigenvalue weighted by Gasteiger charge is 2.32. The third kappa shape index (κ3) is 6.10. The Morgan fingerprint density at radius 1 is 1.00 bits per heavy atom. The summed E-state index contributed by atoms with van der Waals surface area (Å²) in [5, 5.41) is 0.516. The van der Waals surface area contributed by atoms with Crippen molar-refractivity contribution in [1.29, 1.82) is 0 Å². The van der Waals surface area contributed by atoms with Crippen LogP contribution < -0.4 is 4.74 Å². The van der Waals surface area contributed by atoms with E-state index in [9.17, 15) is 14.4 Å². The molecule has 0 saturated heterocycles. The topological polar surface area (TPSA) is 78.9 Å². The molecular formula is C25H27ClO6. The molecule has 1 aliphatic rings. The van der Waals surface area contributed by atoms with E-state index in [-0.39, 0.29) is 30.5 Å². The number of ketones is 1. The smallest absolute Gasteiger partial charge is 0.305 e. The van der Waals surface area contributed by atoms with Crippen molar-refractivity contribution < 1.29 is 28.6 Å². The number of halogens is 1. The van der Waals surface area contributed by atoms with E-state index in [2.05, 4.69) is 0 Å². The molecule has 6 nitrogen and oxygen atoms in total. The Hall–Kier alpha value is -2.86. The van der Waals surface area contributed by atoms with Crippen LogP contribution in [-0.4, -0.2) is 31.9 Å². The lowest BCUT2D eigenvalue weighted by molar-refractivity contribution is -0.144. The van der Waals surface area contributed by atoms with Crippen LogP contribution in [0.4, 0.5) is 0 Å². The van der Waals surface area contributed by atoms with Crippen LogP contribution in [0, 0.1) is 11.8 Å². The highest BCUT2D eigenvalue weighted by molar-refractivity contribution is 6.32. The van der Waals surface area contributed by atoms with Gasteiger partial charge >= 0.3 is 11.9 Å². The van der Waals surface area contributed by atoms with Gasteiger partial charge in [0.25, 0.3) is 0 Å². The maximum absolute atomic E-state index is 13.1. The maximum atomic E-state index is 13.1. The molecule has 0 saturated carbocycles. The molecule has 0 spiro atoms. The molecule has 7 heteroatoms. The molecule has 3 rings (SSSR count). The van der Waals surface area contributed by atoms with E-state index >= 15 is 0 Å². The molecule has 170 valence electrons. The van der Waals surface area contributed by atoms with Crippen LogP contribution in [0.15, 0.2) is 42.5 Å². The fourth-order valence-electron chi connectivity index (χ4n) is 4.20. The highest BCUT2D eigenvalue weighted by atomic mass is 35.5. The van der Waals surface area contributed by atoms with Gasteiger partial charge in [-0.3, -0.25) is 14.4 Å². The number of ether oxygens (including phenoxy) is 3. The molecule has 0 bridgehead atoms. The zero-order valence-electron chi connectivity index (χ0n) is 18.3. The largest absolute Gasteiger partial charge is 0.488 e. The van der Waals surface area contributed by atoms with Crippen molar-refractivity contribution in [2.45, 2.75) is 38.7 Å². The van der Waals surface area contributed by atoms with Gasteiger partial charge in [-0.05, 0) is 47.9 Å². The number of Topliss-reactive ketones (excluding diaryl/α,β-unsaturated/α-hetero) is 1. The monoisotopic (exact) mass is 458 g/mol. The van der Waals surface area contributed by atoms with Crippen molar-refractivity contribution in [2.24, 2.45) is 11.8 Å². The van der Waals surface area contributed by atoms with E-state index in [1.165, 1.54) is 14.2 Å². The van der Waals surface area contributed by atoms with Gasteiger partial charge < -0.3 is 14.2 Å². The molecule has 2 aromatic carbocycles. The van der Waals surface area contributed by atoms with Crippen LogP contribution in [0.2, 0.25) is 5.02 Å².